The van der Waals surface area contributed by atoms with Gasteiger partial charge in [0, 0.05) is 11.1 Å². The minimum atomic E-state index is -0.429. The topological polar surface area (TPSA) is 76.7 Å². The fraction of sp³-hybridized carbons (Fsp3) is 0.364. The summed E-state index contributed by atoms with van der Waals surface area (Å²) in [6.45, 7) is 8.94. The van der Waals surface area contributed by atoms with Gasteiger partial charge < -0.3 is 9.47 Å². The zero-order valence-electron chi connectivity index (χ0n) is 16.9. The van der Waals surface area contributed by atoms with Crippen molar-refractivity contribution in [1.82, 2.24) is 10.9 Å². The second kappa shape index (κ2) is 10.3. The lowest BCUT2D eigenvalue weighted by Gasteiger charge is -2.14. The molecule has 0 aromatic heterocycles. The molecule has 0 saturated carbocycles. The standard InChI is InChI=1S/C22H28N2O4/c1-5-11-27-19-10-8-17(14-20(19)28-12-6-2)21(25)23-24-22(26)18-9-7-15(3)13-16(18)4/h7-10,13-14H,5-6,11-12H2,1-4H3,(H,23,25)(H,24,26). The number of ether oxygens (including phenoxy) is 2. The third-order valence-electron chi connectivity index (χ3n) is 4.05. The van der Waals surface area contributed by atoms with E-state index in [-0.39, 0.29) is 5.91 Å². The average molecular weight is 384 g/mol. The Morgan fingerprint density at radius 2 is 1.46 bits per heavy atom. The molecule has 0 fully saturated rings. The molecule has 6 heteroatoms. The predicted molar refractivity (Wildman–Crippen MR) is 109 cm³/mol. The van der Waals surface area contributed by atoms with Crippen molar-refractivity contribution in [3.8, 4) is 11.5 Å². The van der Waals surface area contributed by atoms with Gasteiger partial charge in [0.25, 0.3) is 11.8 Å². The number of benzene rings is 2. The molecule has 0 spiro atoms. The molecule has 2 aromatic rings. The molecule has 150 valence electrons. The highest BCUT2D eigenvalue weighted by atomic mass is 16.5. The highest BCUT2D eigenvalue weighted by molar-refractivity contribution is 6.00. The van der Waals surface area contributed by atoms with Crippen molar-refractivity contribution >= 4 is 11.8 Å². The number of hydrogen-bond donors (Lipinski definition) is 2. The van der Waals surface area contributed by atoms with Gasteiger partial charge in [-0.1, -0.05) is 31.5 Å². The normalized spacial score (nSPS) is 10.3. The summed E-state index contributed by atoms with van der Waals surface area (Å²) in [6.07, 6.45) is 1.72. The maximum absolute atomic E-state index is 12.4. The van der Waals surface area contributed by atoms with Crippen molar-refractivity contribution in [2.75, 3.05) is 13.2 Å². The van der Waals surface area contributed by atoms with Crippen LogP contribution in [0.25, 0.3) is 0 Å². The first-order valence-corrected chi connectivity index (χ1v) is 9.53. The van der Waals surface area contributed by atoms with Crippen LogP contribution in [-0.4, -0.2) is 25.0 Å². The summed E-state index contributed by atoms with van der Waals surface area (Å²) in [4.78, 5) is 24.8. The lowest BCUT2D eigenvalue weighted by atomic mass is 10.1. The summed E-state index contributed by atoms with van der Waals surface area (Å²) in [7, 11) is 0. The summed E-state index contributed by atoms with van der Waals surface area (Å²) in [5.74, 6) is 0.326. The van der Waals surface area contributed by atoms with Crippen LogP contribution in [0.3, 0.4) is 0 Å². The second-order valence-corrected chi connectivity index (χ2v) is 6.59. The van der Waals surface area contributed by atoms with Crippen LogP contribution in [-0.2, 0) is 0 Å². The molecular weight excluding hydrogens is 356 g/mol. The molecule has 2 aromatic carbocycles. The number of amides is 2. The number of nitrogens with one attached hydrogen (secondary N) is 2. The van der Waals surface area contributed by atoms with Crippen LogP contribution >= 0.6 is 0 Å². The molecular formula is C22H28N2O4. The molecule has 2 rings (SSSR count). The van der Waals surface area contributed by atoms with E-state index in [4.69, 9.17) is 9.47 Å². The van der Waals surface area contributed by atoms with Gasteiger partial charge in [-0.3, -0.25) is 20.4 Å². The van der Waals surface area contributed by atoms with Gasteiger partial charge in [0.1, 0.15) is 0 Å². The van der Waals surface area contributed by atoms with Crippen LogP contribution in [0.4, 0.5) is 0 Å². The van der Waals surface area contributed by atoms with Gasteiger partial charge in [-0.05, 0) is 56.5 Å². The zero-order valence-corrected chi connectivity index (χ0v) is 16.9. The Morgan fingerprint density at radius 3 is 2.11 bits per heavy atom. The molecule has 0 aliphatic carbocycles. The van der Waals surface area contributed by atoms with E-state index in [2.05, 4.69) is 10.9 Å². The first-order valence-electron chi connectivity index (χ1n) is 9.53. The van der Waals surface area contributed by atoms with E-state index < -0.39 is 5.91 Å². The number of carbonyl (C=O) groups is 2. The van der Waals surface area contributed by atoms with E-state index >= 15 is 0 Å². The van der Waals surface area contributed by atoms with Gasteiger partial charge in [0.15, 0.2) is 11.5 Å². The van der Waals surface area contributed by atoms with Gasteiger partial charge in [0.05, 0.1) is 13.2 Å². The van der Waals surface area contributed by atoms with Crippen LogP contribution < -0.4 is 20.3 Å². The molecule has 28 heavy (non-hydrogen) atoms. The predicted octanol–water partition coefficient (Wildman–Crippen LogP) is 3.96. The van der Waals surface area contributed by atoms with Gasteiger partial charge in [-0.25, -0.2) is 0 Å². The van der Waals surface area contributed by atoms with Gasteiger partial charge in [0.2, 0.25) is 0 Å². The molecule has 2 amide bonds. The lowest BCUT2D eigenvalue weighted by Crippen LogP contribution is -2.41. The fourth-order valence-corrected chi connectivity index (χ4v) is 2.63. The maximum Gasteiger partial charge on any atom is 0.269 e. The summed E-state index contributed by atoms with van der Waals surface area (Å²) in [5.41, 5.74) is 7.71. The van der Waals surface area contributed by atoms with E-state index in [9.17, 15) is 9.59 Å². The highest BCUT2D eigenvalue weighted by Crippen LogP contribution is 2.28. The van der Waals surface area contributed by atoms with Crippen LogP contribution in [0.2, 0.25) is 0 Å². The first-order chi connectivity index (χ1) is 13.5. The maximum atomic E-state index is 12.4. The van der Waals surface area contributed by atoms with Crippen molar-refractivity contribution < 1.29 is 19.1 Å². The van der Waals surface area contributed by atoms with E-state index in [0.29, 0.717) is 35.8 Å². The number of aryl methyl sites for hydroxylation is 2. The zero-order chi connectivity index (χ0) is 20.5. The molecule has 6 nitrogen and oxygen atoms in total. The molecule has 0 atom stereocenters. The van der Waals surface area contributed by atoms with Crippen molar-refractivity contribution in [2.24, 2.45) is 0 Å². The first kappa shape index (κ1) is 21.3. The van der Waals surface area contributed by atoms with E-state index in [1.54, 1.807) is 24.3 Å². The molecule has 0 saturated heterocycles. The number of rotatable bonds is 8. The minimum Gasteiger partial charge on any atom is -0.490 e. The van der Waals surface area contributed by atoms with Crippen LogP contribution in [0.1, 0.15) is 58.5 Å². The molecule has 0 aliphatic rings. The fourth-order valence-electron chi connectivity index (χ4n) is 2.63. The van der Waals surface area contributed by atoms with E-state index in [1.807, 2.05) is 39.8 Å². The van der Waals surface area contributed by atoms with Gasteiger partial charge in [-0.2, -0.15) is 0 Å². The Labute approximate surface area is 166 Å². The van der Waals surface area contributed by atoms with Gasteiger partial charge >= 0.3 is 0 Å². The monoisotopic (exact) mass is 384 g/mol. The third-order valence-corrected chi connectivity index (χ3v) is 4.05. The molecule has 0 heterocycles. The Morgan fingerprint density at radius 1 is 0.821 bits per heavy atom. The van der Waals surface area contributed by atoms with Crippen molar-refractivity contribution in [1.29, 1.82) is 0 Å². The van der Waals surface area contributed by atoms with Crippen LogP contribution in [0, 0.1) is 13.8 Å². The molecule has 0 unspecified atom stereocenters. The summed E-state index contributed by atoms with van der Waals surface area (Å²) in [6, 6.07) is 10.5. The average Bonchev–Trinajstić information content (AvgIpc) is 2.68. The Kier molecular flexibility index (Phi) is 7.87. The third kappa shape index (κ3) is 5.74. The number of hydrogen-bond acceptors (Lipinski definition) is 4. The second-order valence-electron chi connectivity index (χ2n) is 6.59. The molecule has 2 N–H and O–H groups in total. The van der Waals surface area contributed by atoms with Crippen molar-refractivity contribution in [3.63, 3.8) is 0 Å². The Bertz CT molecular complexity index is 833. The SMILES string of the molecule is CCCOc1ccc(C(=O)NNC(=O)c2ccc(C)cc2C)cc1OCCC. The minimum absolute atomic E-state index is 0.365. The van der Waals surface area contributed by atoms with Crippen LogP contribution in [0.15, 0.2) is 36.4 Å². The Hall–Kier alpha value is -3.02. The highest BCUT2D eigenvalue weighted by Gasteiger charge is 2.14. The van der Waals surface area contributed by atoms with E-state index in [0.717, 1.165) is 24.0 Å². The quantitative estimate of drug-likeness (QED) is 0.676. The van der Waals surface area contributed by atoms with Crippen molar-refractivity contribution in [3.05, 3.63) is 58.7 Å². The molecule has 0 aliphatic heterocycles. The van der Waals surface area contributed by atoms with Gasteiger partial charge in [-0.15, -0.1) is 0 Å². The Balaban J connectivity index is 2.07. The number of carbonyl (C=O) groups excluding carboxylic acids is 2. The van der Waals surface area contributed by atoms with E-state index in [1.165, 1.54) is 0 Å². The number of hydrazine groups is 1. The van der Waals surface area contributed by atoms with Crippen LogP contribution in [0.5, 0.6) is 11.5 Å². The molecule has 0 radical (unpaired) electrons. The molecule has 0 bridgehead atoms. The summed E-state index contributed by atoms with van der Waals surface area (Å²) >= 11 is 0. The summed E-state index contributed by atoms with van der Waals surface area (Å²) < 4.78 is 11.4. The largest absolute Gasteiger partial charge is 0.490 e. The lowest BCUT2D eigenvalue weighted by molar-refractivity contribution is 0.0846. The smallest absolute Gasteiger partial charge is 0.269 e. The summed E-state index contributed by atoms with van der Waals surface area (Å²) in [5, 5.41) is 0. The van der Waals surface area contributed by atoms with Crippen molar-refractivity contribution in [2.45, 2.75) is 40.5 Å².